The first-order chi connectivity index (χ1) is 11.8. The predicted molar refractivity (Wildman–Crippen MR) is 92.2 cm³/mol. The van der Waals surface area contributed by atoms with Crippen LogP contribution in [0.25, 0.3) is 11.1 Å². The smallest absolute Gasteiger partial charge is 0.320 e. The van der Waals surface area contributed by atoms with Gasteiger partial charge in [-0.15, -0.1) is 0 Å². The van der Waals surface area contributed by atoms with Crippen LogP contribution in [0.1, 0.15) is 11.1 Å². The minimum atomic E-state index is -1.12. The number of benzene rings is 2. The number of carboxylic acids is 2. The van der Waals surface area contributed by atoms with E-state index in [4.69, 9.17) is 21.7 Å². The standard InChI is InChI=1S/C18H20N2O5/c19-15(17(22)23)7-10-3-1-2-4-13(10)14-9-12(21)6-5-11(14)8-16(20)18(24)25/h1-6,9,15-16,21H,7-8,19-20H2,(H,22,23)(H,24,25). The van der Waals surface area contributed by atoms with Crippen LogP contribution in [0.4, 0.5) is 0 Å². The third-order valence-corrected chi connectivity index (χ3v) is 3.92. The molecular formula is C18H20N2O5. The number of aromatic hydroxyl groups is 1. The maximum Gasteiger partial charge on any atom is 0.320 e. The molecule has 2 unspecified atom stereocenters. The molecule has 7 nitrogen and oxygen atoms in total. The van der Waals surface area contributed by atoms with Crippen molar-refractivity contribution in [1.29, 1.82) is 0 Å². The maximum atomic E-state index is 11.0. The summed E-state index contributed by atoms with van der Waals surface area (Å²) < 4.78 is 0. The Hall–Kier alpha value is -2.90. The average Bonchev–Trinajstić information content (AvgIpc) is 2.56. The van der Waals surface area contributed by atoms with E-state index in [1.165, 1.54) is 12.1 Å². The Balaban J connectivity index is 2.49. The molecule has 0 aliphatic heterocycles. The van der Waals surface area contributed by atoms with Gasteiger partial charge in [0.2, 0.25) is 0 Å². The van der Waals surface area contributed by atoms with Gasteiger partial charge in [-0.2, -0.15) is 0 Å². The summed E-state index contributed by atoms with van der Waals surface area (Å²) in [6.07, 6.45) is 0.176. The van der Waals surface area contributed by atoms with Gasteiger partial charge in [0.15, 0.2) is 0 Å². The van der Waals surface area contributed by atoms with Crippen LogP contribution in [-0.4, -0.2) is 39.3 Å². The molecule has 7 N–H and O–H groups in total. The van der Waals surface area contributed by atoms with Gasteiger partial charge in [-0.3, -0.25) is 9.59 Å². The Morgan fingerprint density at radius 1 is 0.840 bits per heavy atom. The van der Waals surface area contributed by atoms with Crippen LogP contribution in [0.3, 0.4) is 0 Å². The highest BCUT2D eigenvalue weighted by Crippen LogP contribution is 2.31. The van der Waals surface area contributed by atoms with Crippen molar-refractivity contribution in [1.82, 2.24) is 0 Å². The van der Waals surface area contributed by atoms with Crippen LogP contribution < -0.4 is 11.5 Å². The van der Waals surface area contributed by atoms with Gasteiger partial charge in [-0.05, 0) is 47.2 Å². The summed E-state index contributed by atoms with van der Waals surface area (Å²) in [6.45, 7) is 0. The van der Waals surface area contributed by atoms with E-state index in [0.29, 0.717) is 22.3 Å². The molecule has 0 aliphatic carbocycles. The zero-order chi connectivity index (χ0) is 18.6. The lowest BCUT2D eigenvalue weighted by atomic mass is 9.90. The molecule has 0 bridgehead atoms. The summed E-state index contributed by atoms with van der Waals surface area (Å²) in [5, 5.41) is 27.9. The molecule has 2 atom stereocenters. The molecule has 0 saturated carbocycles. The second-order valence-corrected chi connectivity index (χ2v) is 5.80. The van der Waals surface area contributed by atoms with E-state index in [0.717, 1.165) is 0 Å². The number of hydrogen-bond acceptors (Lipinski definition) is 5. The number of nitrogens with two attached hydrogens (primary N) is 2. The highest BCUT2D eigenvalue weighted by molar-refractivity contribution is 5.78. The van der Waals surface area contributed by atoms with E-state index in [2.05, 4.69) is 0 Å². The number of hydrogen-bond donors (Lipinski definition) is 5. The SMILES string of the molecule is NC(Cc1ccccc1-c1cc(O)ccc1CC(N)C(=O)O)C(=O)O. The van der Waals surface area contributed by atoms with Crippen LogP contribution >= 0.6 is 0 Å². The maximum absolute atomic E-state index is 11.0. The topological polar surface area (TPSA) is 147 Å². The van der Waals surface area contributed by atoms with E-state index < -0.39 is 24.0 Å². The van der Waals surface area contributed by atoms with Crippen molar-refractivity contribution >= 4 is 11.9 Å². The number of phenolic OH excluding ortho intramolecular Hbond substituents is 1. The first kappa shape index (κ1) is 18.4. The highest BCUT2D eigenvalue weighted by atomic mass is 16.4. The Labute approximate surface area is 144 Å². The minimum Gasteiger partial charge on any atom is -0.508 e. The molecule has 0 amide bonds. The number of phenols is 1. The lowest BCUT2D eigenvalue weighted by Gasteiger charge is -2.17. The van der Waals surface area contributed by atoms with Gasteiger partial charge < -0.3 is 26.8 Å². The van der Waals surface area contributed by atoms with Crippen LogP contribution in [0.15, 0.2) is 42.5 Å². The molecule has 132 valence electrons. The molecule has 0 spiro atoms. The molecule has 25 heavy (non-hydrogen) atoms. The normalized spacial score (nSPS) is 13.2. The summed E-state index contributed by atoms with van der Waals surface area (Å²) in [5.41, 5.74) is 13.9. The van der Waals surface area contributed by atoms with Gasteiger partial charge in [0.25, 0.3) is 0 Å². The molecule has 0 aliphatic rings. The Morgan fingerprint density at radius 2 is 1.36 bits per heavy atom. The van der Waals surface area contributed by atoms with Crippen LogP contribution in [0.5, 0.6) is 5.75 Å². The molecular weight excluding hydrogens is 324 g/mol. The lowest BCUT2D eigenvalue weighted by Crippen LogP contribution is -2.33. The van der Waals surface area contributed by atoms with E-state index in [-0.39, 0.29) is 18.6 Å². The van der Waals surface area contributed by atoms with E-state index >= 15 is 0 Å². The van der Waals surface area contributed by atoms with Gasteiger partial charge in [-0.25, -0.2) is 0 Å². The number of carboxylic acid groups (broad SMARTS) is 2. The second-order valence-electron chi connectivity index (χ2n) is 5.80. The molecule has 0 radical (unpaired) electrons. The van der Waals surface area contributed by atoms with E-state index in [9.17, 15) is 14.7 Å². The molecule has 7 heteroatoms. The average molecular weight is 344 g/mol. The first-order valence-electron chi connectivity index (χ1n) is 7.66. The zero-order valence-electron chi connectivity index (χ0n) is 13.4. The van der Waals surface area contributed by atoms with Crippen molar-refractivity contribution in [2.24, 2.45) is 11.5 Å². The number of rotatable bonds is 7. The largest absolute Gasteiger partial charge is 0.508 e. The van der Waals surface area contributed by atoms with Gasteiger partial charge in [0.1, 0.15) is 17.8 Å². The van der Waals surface area contributed by atoms with Gasteiger partial charge in [0.05, 0.1) is 0 Å². The molecule has 0 saturated heterocycles. The minimum absolute atomic E-state index is 0.0139. The summed E-state index contributed by atoms with van der Waals surface area (Å²) in [6, 6.07) is 9.49. The predicted octanol–water partition coefficient (Wildman–Crippen LogP) is 0.968. The van der Waals surface area contributed by atoms with Crippen molar-refractivity contribution in [3.8, 4) is 16.9 Å². The quantitative estimate of drug-likeness (QED) is 0.503. The summed E-state index contributed by atoms with van der Waals surface area (Å²) in [5.74, 6) is -2.22. The second kappa shape index (κ2) is 7.78. The fourth-order valence-corrected chi connectivity index (χ4v) is 2.60. The van der Waals surface area contributed by atoms with Crippen LogP contribution in [-0.2, 0) is 22.4 Å². The highest BCUT2D eigenvalue weighted by Gasteiger charge is 2.19. The Morgan fingerprint density at radius 3 is 1.92 bits per heavy atom. The van der Waals surface area contributed by atoms with E-state index in [1.54, 1.807) is 30.3 Å². The molecule has 0 fully saturated rings. The summed E-state index contributed by atoms with van der Waals surface area (Å²) >= 11 is 0. The zero-order valence-corrected chi connectivity index (χ0v) is 13.4. The molecule has 2 rings (SSSR count). The third kappa shape index (κ3) is 4.56. The Kier molecular flexibility index (Phi) is 5.74. The van der Waals surface area contributed by atoms with E-state index in [1.807, 2.05) is 0 Å². The van der Waals surface area contributed by atoms with Crippen molar-refractivity contribution in [3.63, 3.8) is 0 Å². The van der Waals surface area contributed by atoms with Crippen molar-refractivity contribution < 1.29 is 24.9 Å². The van der Waals surface area contributed by atoms with Crippen molar-refractivity contribution in [2.45, 2.75) is 24.9 Å². The molecule has 0 heterocycles. The first-order valence-corrected chi connectivity index (χ1v) is 7.66. The monoisotopic (exact) mass is 344 g/mol. The van der Waals surface area contributed by atoms with Crippen LogP contribution in [0.2, 0.25) is 0 Å². The van der Waals surface area contributed by atoms with Gasteiger partial charge in [-0.1, -0.05) is 30.3 Å². The fraction of sp³-hybridized carbons (Fsp3) is 0.222. The summed E-state index contributed by atoms with van der Waals surface area (Å²) in [7, 11) is 0. The molecule has 2 aromatic carbocycles. The van der Waals surface area contributed by atoms with Gasteiger partial charge in [0, 0.05) is 0 Å². The van der Waals surface area contributed by atoms with Crippen molar-refractivity contribution in [2.75, 3.05) is 0 Å². The van der Waals surface area contributed by atoms with Gasteiger partial charge >= 0.3 is 11.9 Å². The molecule has 0 aromatic heterocycles. The lowest BCUT2D eigenvalue weighted by molar-refractivity contribution is -0.139. The summed E-state index contributed by atoms with van der Waals surface area (Å²) in [4.78, 5) is 22.1. The number of aliphatic carboxylic acids is 2. The van der Waals surface area contributed by atoms with Crippen molar-refractivity contribution in [3.05, 3.63) is 53.6 Å². The number of carbonyl (C=O) groups is 2. The fourth-order valence-electron chi connectivity index (χ4n) is 2.60. The third-order valence-electron chi connectivity index (χ3n) is 3.92. The van der Waals surface area contributed by atoms with Crippen LogP contribution in [0, 0.1) is 0 Å². The Bertz CT molecular complexity index is 791. The molecule has 2 aromatic rings.